The molecule has 23 heavy (non-hydrogen) atoms. The van der Waals surface area contributed by atoms with Gasteiger partial charge in [-0.1, -0.05) is 30.3 Å². The number of aromatic amines is 1. The molecule has 4 rings (SSSR count). The minimum atomic E-state index is -0.116. The average Bonchev–Trinajstić information content (AvgIpc) is 3.28. The Kier molecular flexibility index (Phi) is 3.63. The van der Waals surface area contributed by atoms with Crippen molar-refractivity contribution in [2.75, 3.05) is 13.2 Å². The molecule has 3 heterocycles. The highest BCUT2D eigenvalue weighted by Crippen LogP contribution is 2.33. The summed E-state index contributed by atoms with van der Waals surface area (Å²) >= 11 is 0. The van der Waals surface area contributed by atoms with Gasteiger partial charge in [-0.15, -0.1) is 0 Å². The number of furan rings is 1. The van der Waals surface area contributed by atoms with E-state index in [1.165, 1.54) is 5.56 Å². The summed E-state index contributed by atoms with van der Waals surface area (Å²) in [7, 11) is 0. The lowest BCUT2D eigenvalue weighted by Crippen LogP contribution is -2.30. The molecule has 2 aromatic heterocycles. The van der Waals surface area contributed by atoms with Crippen molar-refractivity contribution in [3.8, 4) is 0 Å². The van der Waals surface area contributed by atoms with Crippen molar-refractivity contribution in [2.45, 2.75) is 12.5 Å². The van der Waals surface area contributed by atoms with Crippen LogP contribution in [0, 0.1) is 5.92 Å². The normalized spacial score (nSPS) is 20.9. The highest BCUT2D eigenvalue weighted by molar-refractivity contribution is 5.96. The Morgan fingerprint density at radius 3 is 2.96 bits per heavy atom. The van der Waals surface area contributed by atoms with Crippen LogP contribution in [-0.4, -0.2) is 24.0 Å². The van der Waals surface area contributed by atoms with E-state index < -0.39 is 0 Å². The first-order valence-electron chi connectivity index (χ1n) is 7.82. The molecule has 0 unspecified atom stereocenters. The quantitative estimate of drug-likeness (QED) is 0.777. The van der Waals surface area contributed by atoms with E-state index in [0.29, 0.717) is 23.7 Å². The van der Waals surface area contributed by atoms with Crippen molar-refractivity contribution < 1.29 is 13.9 Å². The number of rotatable bonds is 4. The van der Waals surface area contributed by atoms with Crippen molar-refractivity contribution in [3.63, 3.8) is 0 Å². The molecule has 3 aromatic rings. The van der Waals surface area contributed by atoms with Gasteiger partial charge in [0.2, 0.25) is 0 Å². The number of fused-ring (bicyclic) bond motifs is 1. The molecule has 0 saturated carbocycles. The molecule has 0 spiro atoms. The van der Waals surface area contributed by atoms with Gasteiger partial charge < -0.3 is 19.5 Å². The molecular formula is C18H18N2O3. The van der Waals surface area contributed by atoms with E-state index >= 15 is 0 Å². The Bertz CT molecular complexity index is 777. The third-order valence-electron chi connectivity index (χ3n) is 4.35. The van der Waals surface area contributed by atoms with E-state index in [2.05, 4.69) is 22.4 Å². The number of carbonyl (C=O) groups excluding carboxylic acids is 1. The highest BCUT2D eigenvalue weighted by Gasteiger charge is 2.29. The van der Waals surface area contributed by atoms with Crippen LogP contribution in [0.1, 0.15) is 28.6 Å². The second-order valence-electron chi connectivity index (χ2n) is 5.84. The molecule has 5 nitrogen and oxygen atoms in total. The molecule has 0 radical (unpaired) electrons. The lowest BCUT2D eigenvalue weighted by atomic mass is 9.95. The summed E-state index contributed by atoms with van der Waals surface area (Å²) in [6, 6.07) is 13.7. The lowest BCUT2D eigenvalue weighted by Gasteiger charge is -2.19. The summed E-state index contributed by atoms with van der Waals surface area (Å²) in [5.41, 5.74) is 3.22. The number of H-pyrrole nitrogens is 1. The second-order valence-corrected chi connectivity index (χ2v) is 5.84. The Morgan fingerprint density at radius 2 is 2.13 bits per heavy atom. The lowest BCUT2D eigenvalue weighted by molar-refractivity contribution is 0.0844. The summed E-state index contributed by atoms with van der Waals surface area (Å²) in [6.45, 7) is 1.33. The van der Waals surface area contributed by atoms with Crippen LogP contribution in [0.4, 0.5) is 0 Å². The van der Waals surface area contributed by atoms with E-state index in [9.17, 15) is 4.79 Å². The molecule has 1 amide bonds. The fourth-order valence-electron chi connectivity index (χ4n) is 3.14. The Morgan fingerprint density at radius 1 is 1.26 bits per heavy atom. The number of benzene rings is 1. The van der Waals surface area contributed by atoms with Gasteiger partial charge in [-0.3, -0.25) is 4.79 Å². The Labute approximate surface area is 133 Å². The van der Waals surface area contributed by atoms with Crippen LogP contribution >= 0.6 is 0 Å². The molecule has 2 N–H and O–H groups in total. The van der Waals surface area contributed by atoms with Crippen LogP contribution in [0.3, 0.4) is 0 Å². The molecule has 0 aliphatic carbocycles. The zero-order valence-corrected chi connectivity index (χ0v) is 12.6. The monoisotopic (exact) mass is 310 g/mol. The predicted octanol–water partition coefficient (Wildman–Crippen LogP) is 3.27. The minimum absolute atomic E-state index is 0.0522. The number of aromatic nitrogens is 1. The number of amides is 1. The standard InChI is InChI=1S/C18H18N2O3/c21-18(15-10-16-14(20-15)7-9-22-16)19-11-13-6-8-23-17(13)12-4-2-1-3-5-12/h1-5,7,9-10,13,17,20H,6,8,11H2,(H,19,21)/t13-,17-/m1/s1. The Balaban J connectivity index is 1.41. The van der Waals surface area contributed by atoms with Crippen molar-refractivity contribution in [1.29, 1.82) is 0 Å². The van der Waals surface area contributed by atoms with Crippen LogP contribution in [0.2, 0.25) is 0 Å². The summed E-state index contributed by atoms with van der Waals surface area (Å²) in [5.74, 6) is 0.175. The number of hydrogen-bond donors (Lipinski definition) is 2. The summed E-state index contributed by atoms with van der Waals surface area (Å²) in [6.07, 6.45) is 2.60. The molecule has 5 heteroatoms. The fraction of sp³-hybridized carbons (Fsp3) is 0.278. The van der Waals surface area contributed by atoms with Gasteiger partial charge in [-0.2, -0.15) is 0 Å². The van der Waals surface area contributed by atoms with Crippen LogP contribution in [-0.2, 0) is 4.74 Å². The highest BCUT2D eigenvalue weighted by atomic mass is 16.5. The van der Waals surface area contributed by atoms with Crippen molar-refractivity contribution >= 4 is 17.0 Å². The van der Waals surface area contributed by atoms with Crippen LogP contribution in [0.15, 0.2) is 53.1 Å². The summed E-state index contributed by atoms with van der Waals surface area (Å²) in [5, 5.41) is 3.00. The van der Waals surface area contributed by atoms with Gasteiger partial charge in [-0.25, -0.2) is 0 Å². The molecule has 1 saturated heterocycles. The maximum atomic E-state index is 12.3. The number of carbonyl (C=O) groups is 1. The predicted molar refractivity (Wildman–Crippen MR) is 86.1 cm³/mol. The first kappa shape index (κ1) is 14.1. The SMILES string of the molecule is O=C(NC[C@H]1CCO[C@@H]1c1ccccc1)c1cc2occc2[nH]1. The maximum absolute atomic E-state index is 12.3. The first-order chi connectivity index (χ1) is 11.3. The van der Waals surface area contributed by atoms with E-state index in [0.717, 1.165) is 18.5 Å². The van der Waals surface area contributed by atoms with Crippen molar-refractivity contribution in [2.24, 2.45) is 5.92 Å². The second kappa shape index (κ2) is 5.93. The molecule has 1 aromatic carbocycles. The van der Waals surface area contributed by atoms with Crippen LogP contribution in [0.25, 0.3) is 11.1 Å². The average molecular weight is 310 g/mol. The fourth-order valence-corrected chi connectivity index (χ4v) is 3.14. The van der Waals surface area contributed by atoms with Gasteiger partial charge >= 0.3 is 0 Å². The number of hydrogen-bond acceptors (Lipinski definition) is 3. The van der Waals surface area contributed by atoms with E-state index in [1.54, 1.807) is 12.3 Å². The van der Waals surface area contributed by atoms with Gasteiger partial charge in [0, 0.05) is 31.2 Å². The topological polar surface area (TPSA) is 67.3 Å². The van der Waals surface area contributed by atoms with Crippen LogP contribution < -0.4 is 5.32 Å². The van der Waals surface area contributed by atoms with Crippen LogP contribution in [0.5, 0.6) is 0 Å². The van der Waals surface area contributed by atoms with Gasteiger partial charge in [0.15, 0.2) is 5.58 Å². The molecular weight excluding hydrogens is 292 g/mol. The van der Waals surface area contributed by atoms with E-state index in [-0.39, 0.29) is 12.0 Å². The third-order valence-corrected chi connectivity index (χ3v) is 4.35. The van der Waals surface area contributed by atoms with Gasteiger partial charge in [0.1, 0.15) is 5.69 Å². The zero-order chi connectivity index (χ0) is 15.6. The Hall–Kier alpha value is -2.53. The number of nitrogens with one attached hydrogen (secondary N) is 2. The smallest absolute Gasteiger partial charge is 0.267 e. The van der Waals surface area contributed by atoms with E-state index in [4.69, 9.17) is 9.15 Å². The molecule has 118 valence electrons. The van der Waals surface area contributed by atoms with Gasteiger partial charge in [0.05, 0.1) is 17.9 Å². The molecule has 1 fully saturated rings. The first-order valence-corrected chi connectivity index (χ1v) is 7.82. The van der Waals surface area contributed by atoms with Crippen molar-refractivity contribution in [1.82, 2.24) is 10.3 Å². The van der Waals surface area contributed by atoms with Crippen molar-refractivity contribution in [3.05, 3.63) is 60.0 Å². The summed E-state index contributed by atoms with van der Waals surface area (Å²) < 4.78 is 11.1. The van der Waals surface area contributed by atoms with Gasteiger partial charge in [-0.05, 0) is 12.0 Å². The number of ether oxygens (including phenoxy) is 1. The van der Waals surface area contributed by atoms with E-state index in [1.807, 2.05) is 24.3 Å². The molecule has 1 aliphatic heterocycles. The zero-order valence-electron chi connectivity index (χ0n) is 12.6. The maximum Gasteiger partial charge on any atom is 0.267 e. The third kappa shape index (κ3) is 2.75. The minimum Gasteiger partial charge on any atom is -0.463 e. The van der Waals surface area contributed by atoms with Gasteiger partial charge in [0.25, 0.3) is 5.91 Å². The molecule has 2 atom stereocenters. The molecule has 0 bridgehead atoms. The molecule has 1 aliphatic rings. The summed E-state index contributed by atoms with van der Waals surface area (Å²) in [4.78, 5) is 15.3. The largest absolute Gasteiger partial charge is 0.463 e.